The monoisotopic (exact) mass is 330 g/mol. The van der Waals surface area contributed by atoms with Gasteiger partial charge in [-0.05, 0) is 23.1 Å². The molecule has 2 aromatic carbocycles. The van der Waals surface area contributed by atoms with Crippen molar-refractivity contribution in [1.29, 1.82) is 0 Å². The van der Waals surface area contributed by atoms with Crippen LogP contribution in [0.15, 0.2) is 66.7 Å². The molecule has 0 fully saturated rings. The van der Waals surface area contributed by atoms with Gasteiger partial charge in [0.1, 0.15) is 0 Å². The second-order valence-corrected chi connectivity index (χ2v) is 6.92. The van der Waals surface area contributed by atoms with E-state index in [1.165, 1.54) is 0 Å². The number of benzene rings is 2. The highest BCUT2D eigenvalue weighted by Gasteiger charge is 2.55. The highest BCUT2D eigenvalue weighted by molar-refractivity contribution is 5.99. The molecule has 1 aliphatic heterocycles. The van der Waals surface area contributed by atoms with E-state index in [-0.39, 0.29) is 17.7 Å². The Hall–Kier alpha value is -2.86. The lowest BCUT2D eigenvalue weighted by atomic mass is 9.71. The molecular weight excluding hydrogens is 308 g/mol. The minimum atomic E-state index is -1.10. The molecule has 1 heterocycles. The van der Waals surface area contributed by atoms with Gasteiger partial charge < -0.3 is 5.32 Å². The second-order valence-electron chi connectivity index (χ2n) is 6.92. The van der Waals surface area contributed by atoms with Crippen LogP contribution in [0.4, 0.5) is 0 Å². The van der Waals surface area contributed by atoms with Crippen LogP contribution in [0.1, 0.15) is 37.3 Å². The lowest BCUT2D eigenvalue weighted by Gasteiger charge is -2.34. The van der Waals surface area contributed by atoms with Crippen molar-refractivity contribution in [3.05, 3.63) is 89.3 Å². The van der Waals surface area contributed by atoms with Crippen molar-refractivity contribution in [2.45, 2.75) is 31.7 Å². The largest absolute Gasteiger partial charge is 0.319 e. The Morgan fingerprint density at radius 1 is 1.08 bits per heavy atom. The number of rotatable bonds is 4. The van der Waals surface area contributed by atoms with Gasteiger partial charge in [0.15, 0.2) is 0 Å². The van der Waals surface area contributed by atoms with Gasteiger partial charge in [-0.25, -0.2) is 6.57 Å². The number of nitrogens with one attached hydrogen (secondary N) is 1. The Kier molecular flexibility index (Phi) is 4.72. The maximum absolute atomic E-state index is 13.1. The molecule has 25 heavy (non-hydrogen) atoms. The average molecular weight is 330 g/mol. The van der Waals surface area contributed by atoms with Crippen LogP contribution < -0.4 is 5.32 Å². The molecule has 0 saturated carbocycles. The molecule has 1 amide bonds. The van der Waals surface area contributed by atoms with E-state index < -0.39 is 5.54 Å². The highest BCUT2D eigenvalue weighted by Crippen LogP contribution is 2.42. The van der Waals surface area contributed by atoms with Crippen molar-refractivity contribution >= 4 is 11.6 Å². The molecule has 3 nitrogen and oxygen atoms in total. The molecule has 0 unspecified atom stereocenters. The zero-order valence-electron chi connectivity index (χ0n) is 14.6. The van der Waals surface area contributed by atoms with Gasteiger partial charge in [0.2, 0.25) is 0 Å². The quantitative estimate of drug-likeness (QED) is 0.814. The van der Waals surface area contributed by atoms with Crippen molar-refractivity contribution < 1.29 is 4.79 Å². The number of nitrogens with zero attached hydrogens (tertiary/aromatic N) is 1. The highest BCUT2D eigenvalue weighted by atomic mass is 16.2. The summed E-state index contributed by atoms with van der Waals surface area (Å²) in [7, 11) is 0. The number of hydrogen-bond donors (Lipinski definition) is 1. The van der Waals surface area contributed by atoms with E-state index in [4.69, 9.17) is 6.57 Å². The van der Waals surface area contributed by atoms with E-state index in [2.05, 4.69) is 24.0 Å². The zero-order valence-corrected chi connectivity index (χ0v) is 14.6. The fourth-order valence-electron chi connectivity index (χ4n) is 3.54. The second kappa shape index (κ2) is 6.94. The maximum atomic E-state index is 13.1. The van der Waals surface area contributed by atoms with Crippen LogP contribution in [-0.4, -0.2) is 11.4 Å². The minimum Gasteiger partial charge on any atom is -0.319 e. The average Bonchev–Trinajstić information content (AvgIpc) is 2.64. The van der Waals surface area contributed by atoms with Gasteiger partial charge in [-0.15, -0.1) is 0 Å². The summed E-state index contributed by atoms with van der Waals surface area (Å²) in [4.78, 5) is 17.0. The van der Waals surface area contributed by atoms with Gasteiger partial charge in [0, 0.05) is 12.1 Å². The summed E-state index contributed by atoms with van der Waals surface area (Å²) in [5.74, 6) is -0.221. The normalized spacial score (nSPS) is 22.9. The Labute approximate surface area is 149 Å². The van der Waals surface area contributed by atoms with Crippen LogP contribution in [-0.2, 0) is 4.79 Å². The van der Waals surface area contributed by atoms with E-state index >= 15 is 0 Å². The smallest absolute Gasteiger partial charge is 0.319 e. The first-order valence-corrected chi connectivity index (χ1v) is 8.59. The molecule has 0 bridgehead atoms. The van der Waals surface area contributed by atoms with E-state index in [0.29, 0.717) is 6.42 Å². The maximum Gasteiger partial charge on any atom is 0.319 e. The van der Waals surface area contributed by atoms with Crippen LogP contribution >= 0.6 is 0 Å². The third-order valence-electron chi connectivity index (χ3n) is 4.65. The van der Waals surface area contributed by atoms with Crippen molar-refractivity contribution in [2.24, 2.45) is 5.92 Å². The van der Waals surface area contributed by atoms with Crippen molar-refractivity contribution in [3.63, 3.8) is 0 Å². The van der Waals surface area contributed by atoms with Crippen molar-refractivity contribution in [1.82, 2.24) is 5.32 Å². The third kappa shape index (κ3) is 3.21. The molecule has 2 atom stereocenters. The van der Waals surface area contributed by atoms with Crippen LogP contribution in [0, 0.1) is 12.5 Å². The molecule has 126 valence electrons. The number of carbonyl (C=O) groups excluding carboxylic acids is 1. The Morgan fingerprint density at radius 2 is 1.68 bits per heavy atom. The zero-order chi connectivity index (χ0) is 17.9. The number of carbonyl (C=O) groups is 1. The van der Waals surface area contributed by atoms with E-state index in [1.807, 2.05) is 66.7 Å². The van der Waals surface area contributed by atoms with Crippen LogP contribution in [0.2, 0.25) is 0 Å². The summed E-state index contributed by atoms with van der Waals surface area (Å²) >= 11 is 0. The molecule has 0 saturated heterocycles. The van der Waals surface area contributed by atoms with E-state index in [0.717, 1.165) is 16.8 Å². The molecule has 0 aliphatic carbocycles. The summed E-state index contributed by atoms with van der Waals surface area (Å²) in [6.45, 7) is 12.0. The number of hydrogen-bond acceptors (Lipinski definition) is 1. The van der Waals surface area contributed by atoms with E-state index in [1.54, 1.807) is 0 Å². The summed E-state index contributed by atoms with van der Waals surface area (Å²) in [6, 6.07) is 19.7. The van der Waals surface area contributed by atoms with Gasteiger partial charge in [-0.3, -0.25) is 9.64 Å². The molecule has 0 radical (unpaired) electrons. The van der Waals surface area contributed by atoms with Crippen LogP contribution in [0.3, 0.4) is 0 Å². The molecule has 0 aromatic heterocycles. The van der Waals surface area contributed by atoms with Gasteiger partial charge in [0.05, 0.1) is 5.92 Å². The Bertz CT molecular complexity index is 818. The lowest BCUT2D eigenvalue weighted by Crippen LogP contribution is -2.51. The van der Waals surface area contributed by atoms with Gasteiger partial charge in [-0.1, -0.05) is 74.5 Å². The molecular formula is C22H22N2O. The predicted octanol–water partition coefficient (Wildman–Crippen LogP) is 4.65. The van der Waals surface area contributed by atoms with E-state index in [9.17, 15) is 4.79 Å². The minimum absolute atomic E-state index is 0.202. The lowest BCUT2D eigenvalue weighted by molar-refractivity contribution is -0.125. The standard InChI is InChI=1S/C22H22N2O/c1-16(2)15-22(23-3)19(17-10-6-4-7-11-17)14-20(24-21(22)25)18-12-8-5-9-13-18/h4-14,16,19H,15H2,1-2H3,(H,24,25)/t19-,22+/m0/s1. The van der Waals surface area contributed by atoms with Gasteiger partial charge in [-0.2, -0.15) is 0 Å². The first-order valence-electron chi connectivity index (χ1n) is 8.59. The Balaban J connectivity index is 2.16. The fourth-order valence-corrected chi connectivity index (χ4v) is 3.54. The van der Waals surface area contributed by atoms with Crippen LogP contribution in [0.5, 0.6) is 0 Å². The van der Waals surface area contributed by atoms with Crippen molar-refractivity contribution in [2.75, 3.05) is 0 Å². The van der Waals surface area contributed by atoms with Gasteiger partial charge in [0.25, 0.3) is 0 Å². The fraction of sp³-hybridized carbons (Fsp3) is 0.273. The molecule has 1 N–H and O–H groups in total. The molecule has 1 aliphatic rings. The molecule has 3 heteroatoms. The summed E-state index contributed by atoms with van der Waals surface area (Å²) in [5.41, 5.74) is 1.64. The molecule has 0 spiro atoms. The van der Waals surface area contributed by atoms with Gasteiger partial charge >= 0.3 is 11.4 Å². The summed E-state index contributed by atoms with van der Waals surface area (Å²) in [5, 5.41) is 2.99. The first-order chi connectivity index (χ1) is 12.1. The molecule has 2 aromatic rings. The van der Waals surface area contributed by atoms with Crippen LogP contribution in [0.25, 0.3) is 10.5 Å². The Morgan fingerprint density at radius 3 is 2.24 bits per heavy atom. The third-order valence-corrected chi connectivity index (χ3v) is 4.65. The summed E-state index contributed by atoms with van der Waals surface area (Å²) in [6.07, 6.45) is 2.58. The van der Waals surface area contributed by atoms with Crippen molar-refractivity contribution in [3.8, 4) is 0 Å². The predicted molar refractivity (Wildman–Crippen MR) is 101 cm³/mol. The first kappa shape index (κ1) is 17.0. The summed E-state index contributed by atoms with van der Waals surface area (Å²) < 4.78 is 0. The topological polar surface area (TPSA) is 33.5 Å². The SMILES string of the molecule is [C-]#[N+][C@@]1(CC(C)C)C(=O)NC(c2ccccc2)=C[C@H]1c1ccccc1. The number of amides is 1. The molecule has 3 rings (SSSR count).